The van der Waals surface area contributed by atoms with Crippen LogP contribution in [0.4, 0.5) is 5.13 Å². The van der Waals surface area contributed by atoms with E-state index in [1.54, 1.807) is 22.4 Å². The van der Waals surface area contributed by atoms with E-state index < -0.39 is 10.0 Å². The number of hydrogen-bond donors (Lipinski definition) is 1. The highest BCUT2D eigenvalue weighted by molar-refractivity contribution is 7.93. The number of hydrogen-bond acceptors (Lipinski definition) is 5. The van der Waals surface area contributed by atoms with Crippen molar-refractivity contribution in [2.45, 2.75) is 31.3 Å². The molecule has 8 heteroatoms. The van der Waals surface area contributed by atoms with Crippen LogP contribution in [0.5, 0.6) is 0 Å². The molecule has 0 spiro atoms. The van der Waals surface area contributed by atoms with Gasteiger partial charge in [-0.2, -0.15) is 0 Å². The molecule has 0 radical (unpaired) electrons. The second-order valence-corrected chi connectivity index (χ2v) is 9.06. The fourth-order valence-corrected chi connectivity index (χ4v) is 4.45. The van der Waals surface area contributed by atoms with Crippen molar-refractivity contribution < 1.29 is 13.2 Å². The molecule has 0 aliphatic heterocycles. The summed E-state index contributed by atoms with van der Waals surface area (Å²) in [6.07, 6.45) is 1.53. The fourth-order valence-electron chi connectivity index (χ4n) is 2.66. The number of aromatic nitrogens is 1. The van der Waals surface area contributed by atoms with Gasteiger partial charge in [-0.1, -0.05) is 30.3 Å². The molecule has 0 fully saturated rings. The quantitative estimate of drug-likeness (QED) is 0.633. The highest BCUT2D eigenvalue weighted by Gasteiger charge is 2.21. The van der Waals surface area contributed by atoms with Crippen molar-refractivity contribution in [1.82, 2.24) is 9.88 Å². The van der Waals surface area contributed by atoms with Crippen molar-refractivity contribution in [3.63, 3.8) is 0 Å². The van der Waals surface area contributed by atoms with Gasteiger partial charge in [0.05, 0.1) is 4.90 Å². The molecule has 0 aliphatic rings. The molecule has 1 aromatic heterocycles. The summed E-state index contributed by atoms with van der Waals surface area (Å²) in [5.74, 6) is -0.143. The highest BCUT2D eigenvalue weighted by atomic mass is 32.2. The molecule has 0 saturated heterocycles. The first-order valence-electron chi connectivity index (χ1n) is 8.74. The van der Waals surface area contributed by atoms with Crippen LogP contribution in [0.15, 0.2) is 71.1 Å². The molecule has 6 nitrogen and oxygen atoms in total. The van der Waals surface area contributed by atoms with E-state index in [9.17, 15) is 13.2 Å². The van der Waals surface area contributed by atoms with Crippen molar-refractivity contribution in [2.75, 3.05) is 4.72 Å². The lowest BCUT2D eigenvalue weighted by Crippen LogP contribution is -2.36. The van der Waals surface area contributed by atoms with Gasteiger partial charge < -0.3 is 4.90 Å². The van der Waals surface area contributed by atoms with Gasteiger partial charge in [0.2, 0.25) is 0 Å². The van der Waals surface area contributed by atoms with Crippen molar-refractivity contribution in [2.24, 2.45) is 0 Å². The molecular formula is C20H21N3O3S2. The van der Waals surface area contributed by atoms with Gasteiger partial charge in [-0.25, -0.2) is 13.4 Å². The SMILES string of the molecule is CC(C)N(Cc1ccccc1)C(=O)c1ccc(S(=O)(=O)Nc2nccs2)cc1. The normalized spacial score (nSPS) is 11.4. The number of thiazole rings is 1. The van der Waals surface area contributed by atoms with E-state index in [1.165, 1.54) is 29.7 Å². The van der Waals surface area contributed by atoms with Crippen LogP contribution < -0.4 is 4.72 Å². The molecule has 3 rings (SSSR count). The average Bonchev–Trinajstić information content (AvgIpc) is 3.18. The van der Waals surface area contributed by atoms with Gasteiger partial charge in [0.25, 0.3) is 15.9 Å². The van der Waals surface area contributed by atoms with E-state index in [4.69, 9.17) is 0 Å². The molecule has 0 unspecified atom stereocenters. The maximum atomic E-state index is 13.0. The summed E-state index contributed by atoms with van der Waals surface area (Å²) in [5.41, 5.74) is 1.48. The molecule has 0 aliphatic carbocycles. The molecule has 28 heavy (non-hydrogen) atoms. The summed E-state index contributed by atoms with van der Waals surface area (Å²) in [6.45, 7) is 4.40. The number of nitrogens with zero attached hydrogens (tertiary/aromatic N) is 2. The molecular weight excluding hydrogens is 394 g/mol. The average molecular weight is 416 g/mol. The Morgan fingerprint density at radius 1 is 1.11 bits per heavy atom. The summed E-state index contributed by atoms with van der Waals surface area (Å²) in [5, 5.41) is 1.99. The molecule has 0 bridgehead atoms. The first kappa shape index (κ1) is 20.0. The molecule has 1 N–H and O–H groups in total. The number of benzene rings is 2. The Balaban J connectivity index is 1.78. The first-order valence-corrected chi connectivity index (χ1v) is 11.1. The number of amides is 1. The van der Waals surface area contributed by atoms with Crippen LogP contribution in [0.2, 0.25) is 0 Å². The first-order chi connectivity index (χ1) is 13.4. The van der Waals surface area contributed by atoms with Gasteiger partial charge in [-0.15, -0.1) is 11.3 Å². The second-order valence-electron chi connectivity index (χ2n) is 6.48. The van der Waals surface area contributed by atoms with Gasteiger partial charge in [0.15, 0.2) is 5.13 Å². The van der Waals surface area contributed by atoms with Crippen molar-refractivity contribution >= 4 is 32.4 Å². The molecule has 1 heterocycles. The van der Waals surface area contributed by atoms with Crippen molar-refractivity contribution in [1.29, 1.82) is 0 Å². The zero-order chi connectivity index (χ0) is 20.1. The summed E-state index contributed by atoms with van der Waals surface area (Å²) < 4.78 is 27.3. The third-order valence-electron chi connectivity index (χ3n) is 4.15. The third-order valence-corrected chi connectivity index (χ3v) is 6.32. The van der Waals surface area contributed by atoms with E-state index >= 15 is 0 Å². The van der Waals surface area contributed by atoms with E-state index in [0.29, 0.717) is 17.2 Å². The standard InChI is InChI=1S/C20H21N3O3S2/c1-15(2)23(14-16-6-4-3-5-7-16)19(24)17-8-10-18(11-9-17)28(25,26)22-20-21-12-13-27-20/h3-13,15H,14H2,1-2H3,(H,21,22). The minimum absolute atomic E-state index is 0.00249. The largest absolute Gasteiger partial charge is 0.332 e. The Hall–Kier alpha value is -2.71. The van der Waals surface area contributed by atoms with Crippen LogP contribution in [0, 0.1) is 0 Å². The molecule has 0 saturated carbocycles. The Bertz CT molecular complexity index is 1020. The van der Waals surface area contributed by atoms with Crippen LogP contribution >= 0.6 is 11.3 Å². The molecule has 0 atom stereocenters. The van der Waals surface area contributed by atoms with Gasteiger partial charge in [-0.05, 0) is 43.7 Å². The number of nitrogens with one attached hydrogen (secondary N) is 1. The predicted octanol–water partition coefficient (Wildman–Crippen LogP) is 3.99. The smallest absolute Gasteiger partial charge is 0.263 e. The summed E-state index contributed by atoms with van der Waals surface area (Å²) >= 11 is 1.20. The maximum Gasteiger partial charge on any atom is 0.263 e. The topological polar surface area (TPSA) is 79.4 Å². The van der Waals surface area contributed by atoms with Crippen LogP contribution in [0.25, 0.3) is 0 Å². The number of carbonyl (C=O) groups excluding carboxylic acids is 1. The molecule has 146 valence electrons. The maximum absolute atomic E-state index is 13.0. The Morgan fingerprint density at radius 2 is 1.79 bits per heavy atom. The Labute approximate surface area is 168 Å². The van der Waals surface area contributed by atoms with Crippen molar-refractivity contribution in [3.05, 3.63) is 77.3 Å². The van der Waals surface area contributed by atoms with E-state index in [2.05, 4.69) is 9.71 Å². The molecule has 1 amide bonds. The lowest BCUT2D eigenvalue weighted by atomic mass is 10.1. The minimum atomic E-state index is -3.74. The summed E-state index contributed by atoms with van der Waals surface area (Å²) in [6, 6.07) is 15.7. The fraction of sp³-hybridized carbons (Fsp3) is 0.200. The highest BCUT2D eigenvalue weighted by Crippen LogP contribution is 2.20. The summed E-state index contributed by atoms with van der Waals surface area (Å²) in [7, 11) is -3.74. The van der Waals surface area contributed by atoms with Crippen LogP contribution in [-0.4, -0.2) is 30.3 Å². The lowest BCUT2D eigenvalue weighted by molar-refractivity contribution is 0.0690. The van der Waals surface area contributed by atoms with Gasteiger partial charge in [0, 0.05) is 29.7 Å². The van der Waals surface area contributed by atoms with E-state index in [1.807, 2.05) is 44.2 Å². The van der Waals surface area contributed by atoms with E-state index in [-0.39, 0.29) is 16.8 Å². The van der Waals surface area contributed by atoms with E-state index in [0.717, 1.165) is 5.56 Å². The predicted molar refractivity (Wildman–Crippen MR) is 111 cm³/mol. The number of rotatable bonds is 7. The Kier molecular flexibility index (Phi) is 6.11. The van der Waals surface area contributed by atoms with Gasteiger partial charge in [0.1, 0.15) is 0 Å². The van der Waals surface area contributed by atoms with Gasteiger partial charge >= 0.3 is 0 Å². The van der Waals surface area contributed by atoms with Crippen LogP contribution in [-0.2, 0) is 16.6 Å². The van der Waals surface area contributed by atoms with Crippen LogP contribution in [0.1, 0.15) is 29.8 Å². The monoisotopic (exact) mass is 415 g/mol. The minimum Gasteiger partial charge on any atom is -0.332 e. The number of carbonyl (C=O) groups is 1. The van der Waals surface area contributed by atoms with Crippen LogP contribution in [0.3, 0.4) is 0 Å². The molecule has 2 aromatic carbocycles. The molecule has 3 aromatic rings. The number of anilines is 1. The third kappa shape index (κ3) is 4.76. The lowest BCUT2D eigenvalue weighted by Gasteiger charge is -2.27. The Morgan fingerprint density at radius 3 is 2.36 bits per heavy atom. The zero-order valence-corrected chi connectivity index (χ0v) is 17.2. The van der Waals surface area contributed by atoms with Crippen molar-refractivity contribution in [3.8, 4) is 0 Å². The second kappa shape index (κ2) is 8.53. The zero-order valence-electron chi connectivity index (χ0n) is 15.6. The van der Waals surface area contributed by atoms with Gasteiger partial charge in [-0.3, -0.25) is 9.52 Å². The summed E-state index contributed by atoms with van der Waals surface area (Å²) in [4.78, 5) is 18.7. The number of sulfonamides is 1.